The Kier molecular flexibility index (Phi) is 1.61. The summed E-state index contributed by atoms with van der Waals surface area (Å²) in [6.07, 6.45) is 0. The molecule has 0 fully saturated rings. The summed E-state index contributed by atoms with van der Waals surface area (Å²) in [5.74, 6) is 0. The van der Waals surface area contributed by atoms with Crippen molar-refractivity contribution >= 4 is 10.8 Å². The molecule has 0 unspecified atom stereocenters. The zero-order valence-corrected chi connectivity index (χ0v) is 6.62. The second-order valence-corrected chi connectivity index (χ2v) is 2.79. The van der Waals surface area contributed by atoms with Gasteiger partial charge in [-0.2, -0.15) is 0 Å². The molecule has 56 valence electrons. The summed E-state index contributed by atoms with van der Waals surface area (Å²) in [5, 5.41) is 2.05. The molecule has 0 nitrogen and oxygen atoms in total. The molecule has 12 heavy (non-hydrogen) atoms. The highest BCUT2D eigenvalue weighted by Crippen LogP contribution is 2.21. The Labute approximate surface area is 72.8 Å². The Hall–Kier alpha value is -1.30. The normalized spacial score (nSPS) is 10.5. The van der Waals surface area contributed by atoms with Crippen LogP contribution >= 0.6 is 0 Å². The Balaban J connectivity index is 2.96. The molecular weight excluding hydrogens is 144 g/mol. The van der Waals surface area contributed by atoms with E-state index in [-0.39, 0.29) is 0 Å². The van der Waals surface area contributed by atoms with Crippen LogP contribution in [-0.4, -0.2) is 0 Å². The number of hydrogen-bond acceptors (Lipinski definition) is 0. The van der Waals surface area contributed by atoms with Crippen molar-refractivity contribution < 1.29 is 0 Å². The van der Waals surface area contributed by atoms with Crippen LogP contribution in [0.3, 0.4) is 0 Å². The van der Waals surface area contributed by atoms with Crippen LogP contribution in [0.2, 0.25) is 0 Å². The molecule has 2 rings (SSSR count). The van der Waals surface area contributed by atoms with Crippen LogP contribution in [0.5, 0.6) is 0 Å². The van der Waals surface area contributed by atoms with Crippen LogP contribution in [0.15, 0.2) is 36.4 Å². The van der Waals surface area contributed by atoms with Crippen LogP contribution in [0.4, 0.5) is 0 Å². The van der Waals surface area contributed by atoms with E-state index >= 15 is 0 Å². The highest BCUT2D eigenvalue weighted by Gasteiger charge is 1.98. The van der Waals surface area contributed by atoms with Gasteiger partial charge in [0.1, 0.15) is 0 Å². The van der Waals surface area contributed by atoms with Crippen LogP contribution in [0.25, 0.3) is 10.8 Å². The van der Waals surface area contributed by atoms with Gasteiger partial charge in [0.15, 0.2) is 0 Å². The summed E-state index contributed by atoms with van der Waals surface area (Å²) >= 11 is 0. The van der Waals surface area contributed by atoms with Crippen molar-refractivity contribution in [2.45, 2.75) is 0 Å². The lowest BCUT2D eigenvalue weighted by Gasteiger charge is -2.03. The van der Waals surface area contributed by atoms with Crippen molar-refractivity contribution in [1.29, 1.82) is 0 Å². The Morgan fingerprint density at radius 1 is 0.750 bits per heavy atom. The molecule has 0 aromatic heterocycles. The monoisotopic (exact) mass is 152 g/mol. The smallest absolute Gasteiger partial charge is 0.000534 e. The van der Waals surface area contributed by atoms with E-state index in [9.17, 15) is 0 Å². The number of rotatable bonds is 0. The summed E-state index contributed by atoms with van der Waals surface area (Å²) in [6, 6.07) is 11.6. The summed E-state index contributed by atoms with van der Waals surface area (Å²) < 4.78 is 0. The van der Waals surface area contributed by atoms with Gasteiger partial charge in [0.25, 0.3) is 0 Å². The lowest BCUT2D eigenvalue weighted by molar-refractivity contribution is 1.63. The maximum Gasteiger partial charge on any atom is -0.000534 e. The highest BCUT2D eigenvalue weighted by atomic mass is 14.0. The SMILES string of the molecule is [CH]c1cccc2cccc([CH])c12. The summed E-state index contributed by atoms with van der Waals surface area (Å²) in [4.78, 5) is 0. The molecule has 0 aliphatic carbocycles. The first-order chi connectivity index (χ1) is 5.79. The second-order valence-electron chi connectivity index (χ2n) is 2.79. The zero-order chi connectivity index (χ0) is 8.55. The average molecular weight is 152 g/mol. The fourth-order valence-corrected chi connectivity index (χ4v) is 1.40. The molecule has 2 aromatic carbocycles. The molecule has 2 aromatic rings. The molecule has 0 N–H and O–H groups in total. The summed E-state index contributed by atoms with van der Waals surface area (Å²) in [6.45, 7) is 11.6. The van der Waals surface area contributed by atoms with Crippen LogP contribution in [0, 0.1) is 13.8 Å². The number of hydrogen-bond donors (Lipinski definition) is 0. The van der Waals surface area contributed by atoms with Crippen LogP contribution in [-0.2, 0) is 0 Å². The third-order valence-corrected chi connectivity index (χ3v) is 1.97. The van der Waals surface area contributed by atoms with E-state index in [0.717, 1.165) is 21.9 Å². The standard InChI is InChI=1S/C12H8/c1-9-5-3-7-11-8-4-6-10(2)12(9)11/h1-8H. The minimum atomic E-state index is 0.741. The molecule has 0 amide bonds. The van der Waals surface area contributed by atoms with E-state index in [2.05, 4.69) is 0 Å². The molecule has 0 atom stereocenters. The van der Waals surface area contributed by atoms with Crippen LogP contribution in [0.1, 0.15) is 11.1 Å². The fraction of sp³-hybridized carbons (Fsp3) is 0. The largest absolute Gasteiger partial charge is 0.0613 e. The maximum absolute atomic E-state index is 5.78. The third kappa shape index (κ3) is 1.00. The van der Waals surface area contributed by atoms with E-state index in [0.29, 0.717) is 0 Å². The van der Waals surface area contributed by atoms with Gasteiger partial charge in [-0.05, 0) is 35.7 Å². The number of fused-ring (bicyclic) bond motifs is 1. The summed E-state index contributed by atoms with van der Waals surface area (Å²) in [5.41, 5.74) is 1.48. The van der Waals surface area contributed by atoms with E-state index in [1.54, 1.807) is 0 Å². The lowest BCUT2D eigenvalue weighted by Crippen LogP contribution is -1.81. The first-order valence-electron chi connectivity index (χ1n) is 3.82. The molecule has 4 radical (unpaired) electrons. The van der Waals surface area contributed by atoms with Gasteiger partial charge in [-0.1, -0.05) is 36.4 Å². The topological polar surface area (TPSA) is 0 Å². The van der Waals surface area contributed by atoms with Gasteiger partial charge in [0.2, 0.25) is 0 Å². The van der Waals surface area contributed by atoms with Crippen molar-refractivity contribution in [2.75, 3.05) is 0 Å². The zero-order valence-electron chi connectivity index (χ0n) is 6.62. The van der Waals surface area contributed by atoms with Gasteiger partial charge in [0, 0.05) is 0 Å². The van der Waals surface area contributed by atoms with Crippen molar-refractivity contribution in [1.82, 2.24) is 0 Å². The molecule has 0 spiro atoms. The van der Waals surface area contributed by atoms with Crippen LogP contribution < -0.4 is 0 Å². The van der Waals surface area contributed by atoms with Gasteiger partial charge < -0.3 is 0 Å². The van der Waals surface area contributed by atoms with E-state index in [1.807, 2.05) is 36.4 Å². The molecule has 0 saturated heterocycles. The minimum Gasteiger partial charge on any atom is -0.0613 e. The molecule has 0 bridgehead atoms. The van der Waals surface area contributed by atoms with Gasteiger partial charge in [-0.15, -0.1) is 0 Å². The second kappa shape index (κ2) is 2.63. The van der Waals surface area contributed by atoms with E-state index in [4.69, 9.17) is 13.8 Å². The van der Waals surface area contributed by atoms with Crippen molar-refractivity contribution in [3.63, 3.8) is 0 Å². The minimum absolute atomic E-state index is 0.741. The average Bonchev–Trinajstić information content (AvgIpc) is 2.04. The van der Waals surface area contributed by atoms with Crippen molar-refractivity contribution in [2.24, 2.45) is 0 Å². The van der Waals surface area contributed by atoms with Gasteiger partial charge in [-0.25, -0.2) is 0 Å². The van der Waals surface area contributed by atoms with Crippen molar-refractivity contribution in [3.8, 4) is 0 Å². The molecule has 0 heteroatoms. The molecular formula is C12H8. The van der Waals surface area contributed by atoms with E-state index in [1.165, 1.54) is 0 Å². The predicted octanol–water partition coefficient (Wildman–Crippen LogP) is 2.96. The van der Waals surface area contributed by atoms with Gasteiger partial charge in [0.05, 0.1) is 0 Å². The Morgan fingerprint density at radius 3 is 1.67 bits per heavy atom. The van der Waals surface area contributed by atoms with Gasteiger partial charge >= 0.3 is 0 Å². The maximum atomic E-state index is 5.78. The highest BCUT2D eigenvalue weighted by molar-refractivity contribution is 5.89. The third-order valence-electron chi connectivity index (χ3n) is 1.97. The molecule has 0 saturated carbocycles. The fourth-order valence-electron chi connectivity index (χ4n) is 1.40. The Morgan fingerprint density at radius 2 is 1.25 bits per heavy atom. The van der Waals surface area contributed by atoms with Crippen molar-refractivity contribution in [3.05, 3.63) is 61.4 Å². The first kappa shape index (κ1) is 7.35. The Bertz CT molecular complexity index is 377. The molecule has 0 aliphatic rings. The van der Waals surface area contributed by atoms with E-state index < -0.39 is 0 Å². The molecule has 0 aliphatic heterocycles. The quantitative estimate of drug-likeness (QED) is 0.544. The first-order valence-corrected chi connectivity index (χ1v) is 3.82. The summed E-state index contributed by atoms with van der Waals surface area (Å²) in [7, 11) is 0. The lowest BCUT2D eigenvalue weighted by atomic mass is 10.0. The van der Waals surface area contributed by atoms with Gasteiger partial charge in [-0.3, -0.25) is 0 Å². The molecule has 0 heterocycles. The number of benzene rings is 2. The predicted molar refractivity (Wildman–Crippen MR) is 50.8 cm³/mol.